The van der Waals surface area contributed by atoms with Crippen molar-refractivity contribution in [3.63, 3.8) is 0 Å². The molecular formula is C10H6BrCl2N. The third-order valence-electron chi connectivity index (χ3n) is 2.01. The predicted octanol–water partition coefficient (Wildman–Crippen LogP) is 4.61. The van der Waals surface area contributed by atoms with E-state index < -0.39 is 0 Å². The molecule has 1 aromatic heterocycles. The Kier molecular flexibility index (Phi) is 2.69. The van der Waals surface area contributed by atoms with Crippen LogP contribution in [-0.2, 0) is 0 Å². The smallest absolute Gasteiger partial charge is 0.143 e. The number of nitrogens with zero attached hydrogens (tertiary/aromatic N) is 1. The Labute approximate surface area is 100 Å². The molecule has 0 spiro atoms. The van der Waals surface area contributed by atoms with Gasteiger partial charge in [0.05, 0.1) is 9.99 Å². The first-order valence-corrected chi connectivity index (χ1v) is 5.55. The largest absolute Gasteiger partial charge is 0.235 e. The van der Waals surface area contributed by atoms with Crippen LogP contribution in [0.5, 0.6) is 0 Å². The maximum absolute atomic E-state index is 5.98. The molecule has 0 saturated heterocycles. The van der Waals surface area contributed by atoms with E-state index in [1.165, 1.54) is 0 Å². The normalized spacial score (nSPS) is 10.9. The molecule has 14 heavy (non-hydrogen) atoms. The summed E-state index contributed by atoms with van der Waals surface area (Å²) in [5, 5.41) is 2.20. The Morgan fingerprint density at radius 1 is 1.21 bits per heavy atom. The lowest BCUT2D eigenvalue weighted by molar-refractivity contribution is 1.37. The van der Waals surface area contributed by atoms with Crippen LogP contribution in [0.2, 0.25) is 10.2 Å². The van der Waals surface area contributed by atoms with E-state index in [1.807, 2.05) is 25.1 Å². The Morgan fingerprint density at radius 2 is 1.93 bits per heavy atom. The van der Waals surface area contributed by atoms with Gasteiger partial charge in [0.15, 0.2) is 0 Å². The van der Waals surface area contributed by atoms with Crippen LogP contribution in [0.15, 0.2) is 22.7 Å². The minimum Gasteiger partial charge on any atom is -0.235 e. The van der Waals surface area contributed by atoms with Gasteiger partial charge in [0, 0.05) is 10.4 Å². The summed E-state index contributed by atoms with van der Waals surface area (Å²) in [5.41, 5.74) is 1.85. The van der Waals surface area contributed by atoms with Crippen LogP contribution in [0.3, 0.4) is 0 Å². The van der Waals surface area contributed by atoms with Gasteiger partial charge in [0.25, 0.3) is 0 Å². The molecule has 1 nitrogen and oxygen atoms in total. The molecule has 0 aliphatic heterocycles. The van der Waals surface area contributed by atoms with Crippen molar-refractivity contribution in [2.24, 2.45) is 0 Å². The maximum atomic E-state index is 5.98. The summed E-state index contributed by atoms with van der Waals surface area (Å²) in [6, 6.07) is 5.75. The molecule has 1 heterocycles. The Morgan fingerprint density at radius 3 is 2.64 bits per heavy atom. The third kappa shape index (κ3) is 1.74. The van der Waals surface area contributed by atoms with Gasteiger partial charge < -0.3 is 0 Å². The minimum absolute atomic E-state index is 0.456. The molecule has 0 aliphatic carbocycles. The van der Waals surface area contributed by atoms with E-state index in [9.17, 15) is 0 Å². The molecule has 2 rings (SSSR count). The zero-order valence-electron chi connectivity index (χ0n) is 7.31. The van der Waals surface area contributed by atoms with Crippen molar-refractivity contribution in [1.82, 2.24) is 4.98 Å². The van der Waals surface area contributed by atoms with Crippen molar-refractivity contribution in [3.05, 3.63) is 38.4 Å². The van der Waals surface area contributed by atoms with Gasteiger partial charge >= 0.3 is 0 Å². The zero-order valence-corrected chi connectivity index (χ0v) is 10.4. The van der Waals surface area contributed by atoms with E-state index >= 15 is 0 Å². The monoisotopic (exact) mass is 289 g/mol. The van der Waals surface area contributed by atoms with E-state index in [0.29, 0.717) is 10.2 Å². The van der Waals surface area contributed by atoms with E-state index in [2.05, 4.69) is 20.9 Å². The second kappa shape index (κ2) is 3.69. The Hall–Kier alpha value is -0.310. The summed E-state index contributed by atoms with van der Waals surface area (Å²) in [6.45, 7) is 1.96. The number of aromatic nitrogens is 1. The van der Waals surface area contributed by atoms with Crippen molar-refractivity contribution >= 4 is 50.0 Å². The summed E-state index contributed by atoms with van der Waals surface area (Å²) in [5.74, 6) is 0. The lowest BCUT2D eigenvalue weighted by Crippen LogP contribution is -1.84. The first-order chi connectivity index (χ1) is 6.58. The van der Waals surface area contributed by atoms with Crippen LogP contribution in [0.25, 0.3) is 10.9 Å². The quantitative estimate of drug-likeness (QED) is 0.646. The fourth-order valence-electron chi connectivity index (χ4n) is 1.26. The molecule has 0 radical (unpaired) electrons. The van der Waals surface area contributed by atoms with Gasteiger partial charge in [-0.3, -0.25) is 0 Å². The molecule has 0 saturated carbocycles. The van der Waals surface area contributed by atoms with Gasteiger partial charge in [-0.2, -0.15) is 0 Å². The number of aryl methyl sites for hydroxylation is 1. The first-order valence-electron chi connectivity index (χ1n) is 4.00. The fraction of sp³-hybridized carbons (Fsp3) is 0.100. The second-order valence-corrected chi connectivity index (χ2v) is 4.67. The van der Waals surface area contributed by atoms with Gasteiger partial charge in [0.1, 0.15) is 5.15 Å². The highest BCUT2D eigenvalue weighted by molar-refractivity contribution is 9.10. The molecule has 0 unspecified atom stereocenters. The molecule has 1 aromatic carbocycles. The molecule has 0 N–H and O–H groups in total. The molecular weight excluding hydrogens is 285 g/mol. The van der Waals surface area contributed by atoms with E-state index in [4.69, 9.17) is 23.2 Å². The Bertz CT molecular complexity index is 422. The molecule has 0 atom stereocenters. The highest BCUT2D eigenvalue weighted by Crippen LogP contribution is 2.28. The second-order valence-electron chi connectivity index (χ2n) is 3.06. The average Bonchev–Trinajstić information content (AvgIpc) is 2.11. The number of halogens is 3. The minimum atomic E-state index is 0.456. The predicted molar refractivity (Wildman–Crippen MR) is 64.2 cm³/mol. The highest BCUT2D eigenvalue weighted by Gasteiger charge is 2.04. The standard InChI is InChI=1S/C10H6BrCl2N/c1-5-2-6-3-7(11)10(13)14-9(6)4-8(5)12/h2-4H,1H3. The molecule has 0 aliphatic rings. The molecule has 72 valence electrons. The first kappa shape index (κ1) is 10.2. The topological polar surface area (TPSA) is 12.9 Å². The van der Waals surface area contributed by atoms with Crippen LogP contribution in [0, 0.1) is 6.92 Å². The van der Waals surface area contributed by atoms with Crippen LogP contribution >= 0.6 is 39.1 Å². The summed E-state index contributed by atoms with van der Waals surface area (Å²) in [6.07, 6.45) is 0. The van der Waals surface area contributed by atoms with E-state index in [1.54, 1.807) is 0 Å². The van der Waals surface area contributed by atoms with Crippen LogP contribution < -0.4 is 0 Å². The number of fused-ring (bicyclic) bond motifs is 1. The molecule has 2 aromatic rings. The van der Waals surface area contributed by atoms with E-state index in [0.717, 1.165) is 20.9 Å². The van der Waals surface area contributed by atoms with E-state index in [-0.39, 0.29) is 0 Å². The number of rotatable bonds is 0. The van der Waals surface area contributed by atoms with Crippen molar-refractivity contribution < 1.29 is 0 Å². The van der Waals surface area contributed by atoms with Crippen LogP contribution in [-0.4, -0.2) is 4.98 Å². The van der Waals surface area contributed by atoms with Gasteiger partial charge in [-0.1, -0.05) is 23.2 Å². The van der Waals surface area contributed by atoms with Crippen molar-refractivity contribution in [2.45, 2.75) is 6.92 Å². The highest BCUT2D eigenvalue weighted by atomic mass is 79.9. The van der Waals surface area contributed by atoms with Gasteiger partial charge in [0.2, 0.25) is 0 Å². The fourth-order valence-corrected chi connectivity index (χ4v) is 1.90. The molecule has 0 fully saturated rings. The molecule has 0 bridgehead atoms. The lowest BCUT2D eigenvalue weighted by Gasteiger charge is -2.03. The summed E-state index contributed by atoms with van der Waals surface area (Å²) in [7, 11) is 0. The zero-order chi connectivity index (χ0) is 10.3. The number of benzene rings is 1. The van der Waals surface area contributed by atoms with Crippen molar-refractivity contribution in [2.75, 3.05) is 0 Å². The van der Waals surface area contributed by atoms with Gasteiger partial charge in [-0.25, -0.2) is 4.98 Å². The number of hydrogen-bond donors (Lipinski definition) is 0. The molecule has 0 amide bonds. The van der Waals surface area contributed by atoms with Gasteiger partial charge in [-0.15, -0.1) is 0 Å². The number of hydrogen-bond acceptors (Lipinski definition) is 1. The Balaban J connectivity index is 2.83. The summed E-state index contributed by atoms with van der Waals surface area (Å²) in [4.78, 5) is 4.21. The third-order valence-corrected chi connectivity index (χ3v) is 3.53. The average molecular weight is 291 g/mol. The number of pyridine rings is 1. The van der Waals surface area contributed by atoms with Crippen molar-refractivity contribution in [3.8, 4) is 0 Å². The SMILES string of the molecule is Cc1cc2cc(Br)c(Cl)nc2cc1Cl. The van der Waals surface area contributed by atoms with Crippen LogP contribution in [0.1, 0.15) is 5.56 Å². The maximum Gasteiger partial charge on any atom is 0.143 e. The summed E-state index contributed by atoms with van der Waals surface area (Å²) < 4.78 is 0.799. The summed E-state index contributed by atoms with van der Waals surface area (Å²) >= 11 is 15.2. The lowest BCUT2D eigenvalue weighted by atomic mass is 10.1. The van der Waals surface area contributed by atoms with Gasteiger partial charge in [-0.05, 0) is 46.6 Å². The van der Waals surface area contributed by atoms with Crippen molar-refractivity contribution in [1.29, 1.82) is 0 Å². The van der Waals surface area contributed by atoms with Crippen LogP contribution in [0.4, 0.5) is 0 Å². The molecule has 4 heteroatoms.